The van der Waals surface area contributed by atoms with Crippen LogP contribution in [0.3, 0.4) is 0 Å². The van der Waals surface area contributed by atoms with Crippen LogP contribution >= 0.6 is 0 Å². The first kappa shape index (κ1) is 27.6. The van der Waals surface area contributed by atoms with Crippen LogP contribution in [0.2, 0.25) is 0 Å². The van der Waals surface area contributed by atoms with Gasteiger partial charge < -0.3 is 19.7 Å². The lowest BCUT2D eigenvalue weighted by Crippen LogP contribution is -2.46. The van der Waals surface area contributed by atoms with E-state index < -0.39 is 41.9 Å². The van der Waals surface area contributed by atoms with Crippen LogP contribution in [0.15, 0.2) is 91.0 Å². The van der Waals surface area contributed by atoms with Crippen molar-refractivity contribution in [1.82, 2.24) is 4.90 Å². The smallest absolute Gasteiger partial charge is 0.299 e. The summed E-state index contributed by atoms with van der Waals surface area (Å²) < 4.78 is 24.8. The maximum Gasteiger partial charge on any atom is 0.299 e. The number of nitrogens with one attached hydrogen (secondary N) is 1. The van der Waals surface area contributed by atoms with Crippen LogP contribution in [0.1, 0.15) is 33.1 Å². The molecule has 1 N–H and O–H groups in total. The normalized spacial score (nSPS) is 14.0. The van der Waals surface area contributed by atoms with Crippen molar-refractivity contribution < 1.29 is 33.0 Å². The number of rotatable bonds is 8. The number of benzene rings is 4. The molecule has 2 aliphatic heterocycles. The minimum Gasteiger partial charge on any atom is -0.454 e. The number of hydrogen-bond donors (Lipinski definition) is 1. The molecular formula is C33H26FN3O6. The summed E-state index contributed by atoms with van der Waals surface area (Å²) in [5, 5.41) is 2.85. The largest absolute Gasteiger partial charge is 0.454 e. The standard InChI is InChI=1S/C33H26FN3O6/c1-20-6-2-3-7-22(20)17-37(29(38)18-36-26-9-5-4-8-25(26)31(39)33(36)41)30(21-10-12-23(34)13-11-21)32(40)35-24-14-15-27-28(16-24)43-19-42-27/h2-16,30H,17-19H2,1H3,(H,35,40)/t30-/m0/s1. The fourth-order valence-electron chi connectivity index (χ4n) is 5.23. The van der Waals surface area contributed by atoms with Crippen molar-refractivity contribution in [3.8, 4) is 11.5 Å². The Morgan fingerprint density at radius 3 is 2.44 bits per heavy atom. The molecule has 4 aromatic rings. The molecule has 4 aromatic carbocycles. The molecule has 10 heteroatoms. The third-order valence-electron chi connectivity index (χ3n) is 7.48. The van der Waals surface area contributed by atoms with Crippen LogP contribution in [-0.2, 0) is 20.9 Å². The number of halogens is 1. The summed E-state index contributed by atoms with van der Waals surface area (Å²) in [6.07, 6.45) is 0. The Morgan fingerprint density at radius 1 is 0.930 bits per heavy atom. The van der Waals surface area contributed by atoms with Gasteiger partial charge in [-0.2, -0.15) is 0 Å². The lowest BCUT2D eigenvalue weighted by atomic mass is 10.0. The van der Waals surface area contributed by atoms with Gasteiger partial charge in [-0.25, -0.2) is 4.39 Å². The monoisotopic (exact) mass is 579 g/mol. The summed E-state index contributed by atoms with van der Waals surface area (Å²) >= 11 is 0. The van der Waals surface area contributed by atoms with Gasteiger partial charge in [0, 0.05) is 18.3 Å². The zero-order chi connectivity index (χ0) is 30.1. The minimum absolute atomic E-state index is 0.000265. The van der Waals surface area contributed by atoms with Crippen LogP contribution in [-0.4, -0.2) is 41.7 Å². The second kappa shape index (κ2) is 11.4. The number of fused-ring (bicyclic) bond motifs is 2. The number of para-hydroxylation sites is 1. The van der Waals surface area contributed by atoms with Gasteiger partial charge in [0.2, 0.25) is 12.7 Å². The van der Waals surface area contributed by atoms with Crippen molar-refractivity contribution in [3.05, 3.63) is 119 Å². The number of Topliss-reactive ketones (excluding diaryl/α,β-unsaturated/α-hetero) is 1. The van der Waals surface area contributed by atoms with E-state index in [4.69, 9.17) is 9.47 Å². The fraction of sp³-hybridized carbons (Fsp3) is 0.152. The maximum absolute atomic E-state index is 14.2. The molecule has 0 radical (unpaired) electrons. The number of aryl methyl sites for hydroxylation is 1. The van der Waals surface area contributed by atoms with E-state index in [1.807, 2.05) is 31.2 Å². The number of amides is 3. The van der Waals surface area contributed by atoms with Gasteiger partial charge in [-0.15, -0.1) is 0 Å². The summed E-state index contributed by atoms with van der Waals surface area (Å²) in [6, 6.07) is 22.9. The highest BCUT2D eigenvalue weighted by atomic mass is 19.1. The Balaban J connectivity index is 1.39. The molecule has 0 saturated carbocycles. The van der Waals surface area contributed by atoms with Crippen LogP contribution in [0.4, 0.5) is 15.8 Å². The van der Waals surface area contributed by atoms with E-state index in [0.717, 1.165) is 16.0 Å². The number of carbonyl (C=O) groups is 4. The minimum atomic E-state index is -1.23. The van der Waals surface area contributed by atoms with E-state index in [0.29, 0.717) is 28.4 Å². The fourth-order valence-corrected chi connectivity index (χ4v) is 5.23. The topological polar surface area (TPSA) is 105 Å². The summed E-state index contributed by atoms with van der Waals surface area (Å²) in [5.41, 5.74) is 2.94. The quantitative estimate of drug-likeness (QED) is 0.301. The van der Waals surface area contributed by atoms with Crippen molar-refractivity contribution in [2.75, 3.05) is 23.6 Å². The summed E-state index contributed by atoms with van der Waals surface area (Å²) in [7, 11) is 0. The lowest BCUT2D eigenvalue weighted by Gasteiger charge is -2.33. The summed E-state index contributed by atoms with van der Waals surface area (Å²) in [4.78, 5) is 56.3. The number of ketones is 1. The molecule has 2 heterocycles. The van der Waals surface area contributed by atoms with Gasteiger partial charge in [-0.3, -0.25) is 24.1 Å². The van der Waals surface area contributed by atoms with Gasteiger partial charge in [0.15, 0.2) is 11.5 Å². The number of carbonyl (C=O) groups excluding carboxylic acids is 4. The van der Waals surface area contributed by atoms with Gasteiger partial charge in [-0.05, 0) is 60.0 Å². The number of anilines is 2. The van der Waals surface area contributed by atoms with Crippen molar-refractivity contribution >= 4 is 34.9 Å². The van der Waals surface area contributed by atoms with E-state index in [9.17, 15) is 23.6 Å². The van der Waals surface area contributed by atoms with Crippen LogP contribution in [0.5, 0.6) is 11.5 Å². The SMILES string of the molecule is Cc1ccccc1CN(C(=O)CN1C(=O)C(=O)c2ccccc21)[C@H](C(=O)Nc1ccc2c(c1)OCO2)c1ccc(F)cc1. The molecule has 1 atom stereocenters. The van der Waals surface area contributed by atoms with Crippen molar-refractivity contribution in [1.29, 1.82) is 0 Å². The molecule has 2 aliphatic rings. The highest BCUT2D eigenvalue weighted by Crippen LogP contribution is 2.35. The third kappa shape index (κ3) is 5.42. The average Bonchev–Trinajstić information content (AvgIpc) is 3.57. The second-order valence-electron chi connectivity index (χ2n) is 10.2. The molecule has 0 aromatic heterocycles. The third-order valence-corrected chi connectivity index (χ3v) is 7.48. The van der Waals surface area contributed by atoms with E-state index in [1.54, 1.807) is 36.4 Å². The molecule has 0 bridgehead atoms. The van der Waals surface area contributed by atoms with E-state index in [2.05, 4.69) is 5.32 Å². The van der Waals surface area contributed by atoms with E-state index in [1.165, 1.54) is 35.2 Å². The number of hydrogen-bond acceptors (Lipinski definition) is 6. The Morgan fingerprint density at radius 2 is 1.65 bits per heavy atom. The molecule has 6 rings (SSSR count). The molecule has 9 nitrogen and oxygen atoms in total. The second-order valence-corrected chi connectivity index (χ2v) is 10.2. The summed E-state index contributed by atoms with van der Waals surface area (Å²) in [5.74, 6) is -2.20. The first-order valence-corrected chi connectivity index (χ1v) is 13.6. The van der Waals surface area contributed by atoms with E-state index >= 15 is 0 Å². The maximum atomic E-state index is 14.2. The highest BCUT2D eigenvalue weighted by molar-refractivity contribution is 6.52. The Kier molecular flexibility index (Phi) is 7.33. The zero-order valence-corrected chi connectivity index (χ0v) is 23.1. The Hall–Kier alpha value is -5.51. The predicted octanol–water partition coefficient (Wildman–Crippen LogP) is 4.80. The molecule has 0 unspecified atom stereocenters. The van der Waals surface area contributed by atoms with Crippen LogP contribution in [0.25, 0.3) is 0 Å². The summed E-state index contributed by atoms with van der Waals surface area (Å²) in [6.45, 7) is 1.46. The molecule has 3 amide bonds. The van der Waals surface area contributed by atoms with Gasteiger partial charge in [0.1, 0.15) is 18.4 Å². The lowest BCUT2D eigenvalue weighted by molar-refractivity contribution is -0.139. The number of ether oxygens (including phenoxy) is 2. The van der Waals surface area contributed by atoms with Gasteiger partial charge in [0.25, 0.3) is 17.6 Å². The predicted molar refractivity (Wildman–Crippen MR) is 155 cm³/mol. The average molecular weight is 580 g/mol. The molecule has 0 fully saturated rings. The van der Waals surface area contributed by atoms with Crippen molar-refractivity contribution in [2.24, 2.45) is 0 Å². The Bertz CT molecular complexity index is 1760. The highest BCUT2D eigenvalue weighted by Gasteiger charge is 2.39. The molecule has 216 valence electrons. The molecular weight excluding hydrogens is 553 g/mol. The Labute approximate surface area is 246 Å². The molecule has 43 heavy (non-hydrogen) atoms. The number of nitrogens with zero attached hydrogens (tertiary/aromatic N) is 2. The first-order valence-electron chi connectivity index (χ1n) is 13.6. The first-order chi connectivity index (χ1) is 20.8. The van der Waals surface area contributed by atoms with E-state index in [-0.39, 0.29) is 18.9 Å². The molecule has 0 aliphatic carbocycles. The van der Waals surface area contributed by atoms with Gasteiger partial charge >= 0.3 is 0 Å². The molecule has 0 spiro atoms. The van der Waals surface area contributed by atoms with Crippen molar-refractivity contribution in [2.45, 2.75) is 19.5 Å². The van der Waals surface area contributed by atoms with Crippen LogP contribution in [0, 0.1) is 12.7 Å². The van der Waals surface area contributed by atoms with Gasteiger partial charge in [0.05, 0.1) is 11.3 Å². The van der Waals surface area contributed by atoms with Crippen molar-refractivity contribution in [3.63, 3.8) is 0 Å². The zero-order valence-electron chi connectivity index (χ0n) is 23.1. The molecule has 0 saturated heterocycles. The van der Waals surface area contributed by atoms with Crippen LogP contribution < -0.4 is 19.7 Å². The van der Waals surface area contributed by atoms with Gasteiger partial charge in [-0.1, -0.05) is 48.5 Å².